The number of ether oxygens (including phenoxy) is 3. The van der Waals surface area contributed by atoms with E-state index >= 15 is 0 Å². The standard InChI is InChI=1S/C26H22BrN3O5/c1-33-22-11-7-6-10-21(22)30-24(31)16-35-25-20(27)13-17(14-23(25)34-2)12-18(15-28)26(32)29-19-8-4-3-5-9-19/h3-14H,16H2,1-2H3,(H,29,32)(H,30,31)/b18-12+. The number of hydrogen-bond acceptors (Lipinski definition) is 6. The Morgan fingerprint density at radius 1 is 0.971 bits per heavy atom. The normalized spacial score (nSPS) is 10.6. The monoisotopic (exact) mass is 535 g/mol. The van der Waals surface area contributed by atoms with E-state index in [9.17, 15) is 14.9 Å². The first-order chi connectivity index (χ1) is 16.9. The van der Waals surface area contributed by atoms with Crippen LogP contribution in [0.2, 0.25) is 0 Å². The average Bonchev–Trinajstić information content (AvgIpc) is 2.87. The van der Waals surface area contributed by atoms with Crippen molar-refractivity contribution in [2.45, 2.75) is 0 Å². The predicted molar refractivity (Wildman–Crippen MR) is 136 cm³/mol. The number of hydrogen-bond donors (Lipinski definition) is 2. The number of carbonyl (C=O) groups excluding carboxylic acids is 2. The highest BCUT2D eigenvalue weighted by molar-refractivity contribution is 9.10. The molecule has 8 nitrogen and oxygen atoms in total. The van der Waals surface area contributed by atoms with Crippen molar-refractivity contribution in [2.75, 3.05) is 31.5 Å². The van der Waals surface area contributed by atoms with Crippen LogP contribution in [0.25, 0.3) is 6.08 Å². The molecule has 2 amide bonds. The smallest absolute Gasteiger partial charge is 0.266 e. The van der Waals surface area contributed by atoms with Gasteiger partial charge in [-0.25, -0.2) is 0 Å². The maximum atomic E-state index is 12.5. The molecule has 0 bridgehead atoms. The molecule has 0 aliphatic heterocycles. The van der Waals surface area contributed by atoms with Crippen LogP contribution in [0.1, 0.15) is 5.56 Å². The third-order valence-electron chi connectivity index (χ3n) is 4.69. The molecule has 0 saturated heterocycles. The summed E-state index contributed by atoms with van der Waals surface area (Å²) in [5.74, 6) is 0.211. The van der Waals surface area contributed by atoms with Crippen LogP contribution >= 0.6 is 15.9 Å². The Hall–Kier alpha value is -4.29. The van der Waals surface area contributed by atoms with Crippen LogP contribution in [0, 0.1) is 11.3 Å². The van der Waals surface area contributed by atoms with E-state index in [1.54, 1.807) is 60.7 Å². The lowest BCUT2D eigenvalue weighted by Gasteiger charge is -2.14. The molecule has 178 valence electrons. The molecule has 0 fully saturated rings. The number of para-hydroxylation sites is 3. The highest BCUT2D eigenvalue weighted by Crippen LogP contribution is 2.37. The molecular weight excluding hydrogens is 514 g/mol. The first-order valence-corrected chi connectivity index (χ1v) is 11.2. The highest BCUT2D eigenvalue weighted by atomic mass is 79.9. The molecule has 3 aromatic carbocycles. The number of nitriles is 1. The van der Waals surface area contributed by atoms with Crippen LogP contribution in [0.5, 0.6) is 17.2 Å². The minimum Gasteiger partial charge on any atom is -0.495 e. The van der Waals surface area contributed by atoms with Crippen LogP contribution in [0.3, 0.4) is 0 Å². The molecule has 0 aromatic heterocycles. The highest BCUT2D eigenvalue weighted by Gasteiger charge is 2.16. The Labute approximate surface area is 211 Å². The summed E-state index contributed by atoms with van der Waals surface area (Å²) in [5.41, 5.74) is 1.53. The summed E-state index contributed by atoms with van der Waals surface area (Å²) in [7, 11) is 2.97. The summed E-state index contributed by atoms with van der Waals surface area (Å²) in [6.07, 6.45) is 1.43. The lowest BCUT2D eigenvalue weighted by molar-refractivity contribution is -0.118. The Kier molecular flexibility index (Phi) is 8.87. The van der Waals surface area contributed by atoms with Gasteiger partial charge in [-0.3, -0.25) is 9.59 Å². The van der Waals surface area contributed by atoms with E-state index in [-0.39, 0.29) is 12.2 Å². The third kappa shape index (κ3) is 6.85. The molecule has 0 aliphatic carbocycles. The Morgan fingerprint density at radius 2 is 1.66 bits per heavy atom. The van der Waals surface area contributed by atoms with Gasteiger partial charge in [-0.1, -0.05) is 30.3 Å². The zero-order valence-electron chi connectivity index (χ0n) is 19.0. The van der Waals surface area contributed by atoms with Gasteiger partial charge >= 0.3 is 0 Å². The number of methoxy groups -OCH3 is 2. The van der Waals surface area contributed by atoms with Crippen LogP contribution < -0.4 is 24.8 Å². The largest absolute Gasteiger partial charge is 0.495 e. The van der Waals surface area contributed by atoms with Gasteiger partial charge in [-0.2, -0.15) is 5.26 Å². The zero-order chi connectivity index (χ0) is 25.2. The zero-order valence-corrected chi connectivity index (χ0v) is 20.6. The SMILES string of the molecule is COc1ccccc1NC(=O)COc1c(Br)cc(/C=C(\C#N)C(=O)Nc2ccccc2)cc1OC. The fourth-order valence-corrected chi connectivity index (χ4v) is 3.64. The second-order valence-corrected chi connectivity index (χ2v) is 7.92. The van der Waals surface area contributed by atoms with E-state index in [0.29, 0.717) is 38.7 Å². The first-order valence-electron chi connectivity index (χ1n) is 10.4. The molecular formula is C26H22BrN3O5. The van der Waals surface area contributed by atoms with Crippen molar-refractivity contribution < 1.29 is 23.8 Å². The first kappa shape index (κ1) is 25.3. The maximum absolute atomic E-state index is 12.5. The van der Waals surface area contributed by atoms with Crippen LogP contribution in [0.4, 0.5) is 11.4 Å². The summed E-state index contributed by atoms with van der Waals surface area (Å²) < 4.78 is 16.8. The topological polar surface area (TPSA) is 110 Å². The Morgan fingerprint density at radius 3 is 2.34 bits per heavy atom. The van der Waals surface area contributed by atoms with E-state index in [2.05, 4.69) is 26.6 Å². The predicted octanol–water partition coefficient (Wildman–Crippen LogP) is 5.03. The fraction of sp³-hybridized carbons (Fsp3) is 0.115. The second-order valence-electron chi connectivity index (χ2n) is 7.06. The van der Waals surface area contributed by atoms with Gasteiger partial charge in [0.1, 0.15) is 17.4 Å². The van der Waals surface area contributed by atoms with E-state index in [4.69, 9.17) is 14.2 Å². The van der Waals surface area contributed by atoms with Crippen molar-refractivity contribution in [1.29, 1.82) is 5.26 Å². The number of carbonyl (C=O) groups is 2. The lowest BCUT2D eigenvalue weighted by Crippen LogP contribution is -2.20. The average molecular weight is 536 g/mol. The van der Waals surface area contributed by atoms with Crippen molar-refractivity contribution in [3.05, 3.63) is 82.3 Å². The number of rotatable bonds is 9. The quantitative estimate of drug-likeness (QED) is 0.293. The summed E-state index contributed by atoms with van der Waals surface area (Å²) >= 11 is 3.41. The van der Waals surface area contributed by atoms with Crippen LogP contribution in [-0.4, -0.2) is 32.6 Å². The van der Waals surface area contributed by atoms with Crippen LogP contribution in [-0.2, 0) is 9.59 Å². The summed E-state index contributed by atoms with van der Waals surface area (Å²) in [5, 5.41) is 14.9. The van der Waals surface area contributed by atoms with Crippen LogP contribution in [0.15, 0.2) is 76.8 Å². The van der Waals surface area contributed by atoms with Crippen molar-refractivity contribution in [1.82, 2.24) is 0 Å². The molecule has 0 heterocycles. The van der Waals surface area contributed by atoms with E-state index in [1.807, 2.05) is 12.1 Å². The molecule has 0 unspecified atom stereocenters. The molecule has 9 heteroatoms. The van der Waals surface area contributed by atoms with Gasteiger partial charge in [-0.15, -0.1) is 0 Å². The van der Waals surface area contributed by atoms with Gasteiger partial charge in [0.05, 0.1) is 24.4 Å². The van der Waals surface area contributed by atoms with Gasteiger partial charge in [0.15, 0.2) is 18.1 Å². The van der Waals surface area contributed by atoms with Crippen molar-refractivity contribution in [3.63, 3.8) is 0 Å². The minimum atomic E-state index is -0.540. The van der Waals surface area contributed by atoms with Crippen molar-refractivity contribution in [3.8, 4) is 23.3 Å². The van der Waals surface area contributed by atoms with Gasteiger partial charge < -0.3 is 24.8 Å². The van der Waals surface area contributed by atoms with Gasteiger partial charge in [0.2, 0.25) is 0 Å². The lowest BCUT2D eigenvalue weighted by atomic mass is 10.1. The van der Waals surface area contributed by atoms with E-state index in [1.165, 1.54) is 20.3 Å². The second kappa shape index (κ2) is 12.3. The Balaban J connectivity index is 1.74. The van der Waals surface area contributed by atoms with Crippen molar-refractivity contribution in [2.24, 2.45) is 0 Å². The van der Waals surface area contributed by atoms with E-state index in [0.717, 1.165) is 0 Å². The minimum absolute atomic E-state index is 0.0901. The Bertz CT molecular complexity index is 1290. The van der Waals surface area contributed by atoms with Gasteiger partial charge in [0.25, 0.3) is 11.8 Å². The summed E-state index contributed by atoms with van der Waals surface area (Å²) in [6.45, 7) is -0.287. The number of anilines is 2. The molecule has 0 spiro atoms. The molecule has 0 atom stereocenters. The molecule has 35 heavy (non-hydrogen) atoms. The van der Waals surface area contributed by atoms with E-state index < -0.39 is 11.8 Å². The number of nitrogens with one attached hydrogen (secondary N) is 2. The van der Waals surface area contributed by atoms with Gasteiger partial charge in [0, 0.05) is 5.69 Å². The molecule has 2 N–H and O–H groups in total. The molecule has 0 saturated carbocycles. The molecule has 3 aromatic rings. The third-order valence-corrected chi connectivity index (χ3v) is 5.28. The maximum Gasteiger partial charge on any atom is 0.266 e. The number of amides is 2. The summed E-state index contributed by atoms with van der Waals surface area (Å²) in [4.78, 5) is 24.9. The number of halogens is 1. The number of nitrogens with zero attached hydrogens (tertiary/aromatic N) is 1. The fourth-order valence-electron chi connectivity index (χ4n) is 3.07. The molecule has 0 aliphatic rings. The molecule has 0 radical (unpaired) electrons. The molecule has 3 rings (SSSR count). The summed E-state index contributed by atoms with van der Waals surface area (Å²) in [6, 6.07) is 21.0. The van der Waals surface area contributed by atoms with Gasteiger partial charge in [-0.05, 0) is 64.0 Å². The number of benzene rings is 3. The van der Waals surface area contributed by atoms with Crippen molar-refractivity contribution >= 4 is 45.2 Å².